The lowest BCUT2D eigenvalue weighted by atomic mass is 10.2. The van der Waals surface area contributed by atoms with Gasteiger partial charge in [-0.3, -0.25) is 4.79 Å². The number of carbonyl (C=O) groups is 1. The van der Waals surface area contributed by atoms with Gasteiger partial charge in [-0.25, -0.2) is 0 Å². The standard InChI is InChI=1S/C19H16N2O3/c22-19(20-12-15-7-4-9-23-15)17-11-18-16(8-10-24-18)21(17)13-14-5-2-1-3-6-14/h1-11H,12-13H2,(H,20,22). The Balaban J connectivity index is 1.63. The zero-order valence-electron chi connectivity index (χ0n) is 12.9. The molecule has 0 bridgehead atoms. The summed E-state index contributed by atoms with van der Waals surface area (Å²) < 4.78 is 12.7. The van der Waals surface area contributed by atoms with E-state index in [-0.39, 0.29) is 5.91 Å². The molecule has 0 aliphatic carbocycles. The van der Waals surface area contributed by atoms with Crippen molar-refractivity contribution in [3.63, 3.8) is 0 Å². The molecule has 5 nitrogen and oxygen atoms in total. The quantitative estimate of drug-likeness (QED) is 0.608. The molecule has 24 heavy (non-hydrogen) atoms. The zero-order valence-corrected chi connectivity index (χ0v) is 12.9. The minimum absolute atomic E-state index is 0.159. The molecule has 0 atom stereocenters. The van der Waals surface area contributed by atoms with Crippen molar-refractivity contribution in [1.29, 1.82) is 0 Å². The van der Waals surface area contributed by atoms with E-state index in [9.17, 15) is 4.79 Å². The lowest BCUT2D eigenvalue weighted by molar-refractivity contribution is 0.0939. The van der Waals surface area contributed by atoms with Gasteiger partial charge in [-0.15, -0.1) is 0 Å². The van der Waals surface area contributed by atoms with Crippen molar-refractivity contribution in [2.45, 2.75) is 13.1 Å². The Morgan fingerprint density at radius 1 is 1.00 bits per heavy atom. The largest absolute Gasteiger partial charge is 0.467 e. The van der Waals surface area contributed by atoms with Crippen LogP contribution in [0, 0.1) is 0 Å². The first-order valence-corrected chi connectivity index (χ1v) is 7.72. The summed E-state index contributed by atoms with van der Waals surface area (Å²) in [5, 5.41) is 2.88. The molecule has 4 rings (SSSR count). The molecule has 0 aliphatic heterocycles. The van der Waals surface area contributed by atoms with E-state index in [0.29, 0.717) is 30.1 Å². The van der Waals surface area contributed by atoms with Crippen LogP contribution in [-0.2, 0) is 13.1 Å². The van der Waals surface area contributed by atoms with Crippen molar-refractivity contribution in [2.24, 2.45) is 0 Å². The van der Waals surface area contributed by atoms with Gasteiger partial charge >= 0.3 is 0 Å². The zero-order chi connectivity index (χ0) is 16.4. The fourth-order valence-corrected chi connectivity index (χ4v) is 2.77. The molecule has 0 fully saturated rings. The van der Waals surface area contributed by atoms with Crippen molar-refractivity contribution < 1.29 is 13.6 Å². The van der Waals surface area contributed by atoms with Crippen molar-refractivity contribution >= 4 is 17.0 Å². The number of furan rings is 2. The van der Waals surface area contributed by atoms with Gasteiger partial charge < -0.3 is 18.7 Å². The van der Waals surface area contributed by atoms with E-state index in [1.54, 1.807) is 24.7 Å². The number of amides is 1. The molecule has 0 unspecified atom stereocenters. The second-order valence-electron chi connectivity index (χ2n) is 5.53. The SMILES string of the molecule is O=C(NCc1ccco1)c1cc2occc2n1Cc1ccccc1. The molecule has 0 saturated heterocycles. The Hall–Kier alpha value is -3.21. The molecule has 0 aliphatic rings. The Kier molecular flexibility index (Phi) is 3.67. The maximum absolute atomic E-state index is 12.6. The van der Waals surface area contributed by atoms with Crippen LogP contribution >= 0.6 is 0 Å². The minimum Gasteiger partial charge on any atom is -0.467 e. The van der Waals surface area contributed by atoms with Crippen LogP contribution in [0.4, 0.5) is 0 Å². The van der Waals surface area contributed by atoms with Crippen LogP contribution in [0.15, 0.2) is 76.0 Å². The van der Waals surface area contributed by atoms with E-state index in [2.05, 4.69) is 5.32 Å². The predicted octanol–water partition coefficient (Wildman–Crippen LogP) is 3.81. The average Bonchev–Trinajstić information content (AvgIpc) is 3.32. The normalized spacial score (nSPS) is 11.0. The van der Waals surface area contributed by atoms with Crippen LogP contribution in [-0.4, -0.2) is 10.5 Å². The maximum Gasteiger partial charge on any atom is 0.268 e. The summed E-state index contributed by atoms with van der Waals surface area (Å²) in [6.07, 6.45) is 3.23. The molecule has 120 valence electrons. The van der Waals surface area contributed by atoms with Crippen LogP contribution in [0.3, 0.4) is 0 Å². The topological polar surface area (TPSA) is 60.3 Å². The van der Waals surface area contributed by atoms with Gasteiger partial charge in [-0.05, 0) is 17.7 Å². The van der Waals surface area contributed by atoms with E-state index in [4.69, 9.17) is 8.83 Å². The molecular formula is C19H16N2O3. The van der Waals surface area contributed by atoms with Crippen molar-refractivity contribution in [3.8, 4) is 0 Å². The second kappa shape index (κ2) is 6.12. The summed E-state index contributed by atoms with van der Waals surface area (Å²) in [6, 6.07) is 17.3. The molecule has 0 saturated carbocycles. The van der Waals surface area contributed by atoms with Gasteiger partial charge in [0, 0.05) is 18.7 Å². The number of nitrogens with zero attached hydrogens (tertiary/aromatic N) is 1. The molecule has 1 N–H and O–H groups in total. The van der Waals surface area contributed by atoms with Crippen LogP contribution in [0.1, 0.15) is 21.8 Å². The van der Waals surface area contributed by atoms with Gasteiger partial charge in [0.15, 0.2) is 5.58 Å². The summed E-state index contributed by atoms with van der Waals surface area (Å²) in [6.45, 7) is 0.955. The Morgan fingerprint density at radius 2 is 1.88 bits per heavy atom. The van der Waals surface area contributed by atoms with Crippen molar-refractivity contribution in [2.75, 3.05) is 0 Å². The second-order valence-corrected chi connectivity index (χ2v) is 5.53. The van der Waals surface area contributed by atoms with E-state index in [0.717, 1.165) is 11.1 Å². The van der Waals surface area contributed by atoms with Gasteiger partial charge in [0.1, 0.15) is 11.5 Å². The molecule has 1 amide bonds. The molecule has 4 aromatic rings. The molecule has 3 aromatic heterocycles. The third-order valence-electron chi connectivity index (χ3n) is 3.94. The highest BCUT2D eigenvalue weighted by atomic mass is 16.3. The fraction of sp³-hybridized carbons (Fsp3) is 0.105. The van der Waals surface area contributed by atoms with Gasteiger partial charge in [0.05, 0.1) is 24.6 Å². The van der Waals surface area contributed by atoms with E-state index >= 15 is 0 Å². The fourth-order valence-electron chi connectivity index (χ4n) is 2.77. The van der Waals surface area contributed by atoms with Crippen LogP contribution in [0.2, 0.25) is 0 Å². The number of aromatic nitrogens is 1. The Labute approximate surface area is 138 Å². The van der Waals surface area contributed by atoms with Crippen LogP contribution < -0.4 is 5.32 Å². The summed E-state index contributed by atoms with van der Waals surface area (Å²) >= 11 is 0. The number of hydrogen-bond donors (Lipinski definition) is 1. The number of fused-ring (bicyclic) bond motifs is 1. The Bertz CT molecular complexity index is 949. The third-order valence-corrected chi connectivity index (χ3v) is 3.94. The first-order valence-electron chi connectivity index (χ1n) is 7.72. The highest BCUT2D eigenvalue weighted by molar-refractivity contribution is 5.97. The molecule has 0 radical (unpaired) electrons. The highest BCUT2D eigenvalue weighted by Crippen LogP contribution is 2.22. The summed E-state index contributed by atoms with van der Waals surface area (Å²) in [7, 11) is 0. The van der Waals surface area contributed by atoms with Gasteiger partial charge in [0.2, 0.25) is 0 Å². The van der Waals surface area contributed by atoms with E-state index in [1.165, 1.54) is 0 Å². The number of rotatable bonds is 5. The van der Waals surface area contributed by atoms with Gasteiger partial charge in [-0.2, -0.15) is 0 Å². The number of nitrogens with one attached hydrogen (secondary N) is 1. The summed E-state index contributed by atoms with van der Waals surface area (Å²) in [5.41, 5.74) is 3.30. The summed E-state index contributed by atoms with van der Waals surface area (Å²) in [4.78, 5) is 12.6. The number of hydrogen-bond acceptors (Lipinski definition) is 3. The lowest BCUT2D eigenvalue weighted by Crippen LogP contribution is -2.25. The number of carbonyl (C=O) groups excluding carboxylic acids is 1. The summed E-state index contributed by atoms with van der Waals surface area (Å²) in [5.74, 6) is 0.557. The van der Waals surface area contributed by atoms with E-state index in [1.807, 2.05) is 47.0 Å². The monoisotopic (exact) mass is 320 g/mol. The van der Waals surface area contributed by atoms with Gasteiger partial charge in [0.25, 0.3) is 5.91 Å². The Morgan fingerprint density at radius 3 is 2.67 bits per heavy atom. The number of benzene rings is 1. The average molecular weight is 320 g/mol. The van der Waals surface area contributed by atoms with Crippen molar-refractivity contribution in [3.05, 3.63) is 84.1 Å². The first kappa shape index (κ1) is 14.4. The molecule has 5 heteroatoms. The smallest absolute Gasteiger partial charge is 0.268 e. The molecule has 0 spiro atoms. The van der Waals surface area contributed by atoms with E-state index < -0.39 is 0 Å². The minimum atomic E-state index is -0.159. The lowest BCUT2D eigenvalue weighted by Gasteiger charge is -2.10. The molecule has 1 aromatic carbocycles. The molecular weight excluding hydrogens is 304 g/mol. The highest BCUT2D eigenvalue weighted by Gasteiger charge is 2.17. The van der Waals surface area contributed by atoms with Crippen molar-refractivity contribution in [1.82, 2.24) is 9.88 Å². The molecule has 3 heterocycles. The maximum atomic E-state index is 12.6. The first-order chi connectivity index (χ1) is 11.8. The van der Waals surface area contributed by atoms with Crippen LogP contribution in [0.5, 0.6) is 0 Å². The predicted molar refractivity (Wildman–Crippen MR) is 89.6 cm³/mol. The third kappa shape index (κ3) is 2.72. The van der Waals surface area contributed by atoms with Crippen LogP contribution in [0.25, 0.3) is 11.1 Å². The van der Waals surface area contributed by atoms with Gasteiger partial charge in [-0.1, -0.05) is 30.3 Å².